The molecule has 23 heavy (non-hydrogen) atoms. The lowest BCUT2D eigenvalue weighted by Gasteiger charge is -2.04. The van der Waals surface area contributed by atoms with Crippen molar-refractivity contribution in [2.24, 2.45) is 0 Å². The Bertz CT molecular complexity index is 831. The largest absolute Gasteiger partial charge is 0.490 e. The van der Waals surface area contributed by atoms with Crippen LogP contribution < -0.4 is 10.1 Å². The van der Waals surface area contributed by atoms with Crippen LogP contribution in [0.1, 0.15) is 18.4 Å². The standard InChI is InChI=1S/C16H15N5OS/c1-10-3-2-7-18-14(10)19-16-20-15(21-23-16)13-9-12(6-8-17-13)22-11-4-5-11/h2-3,6-9,11H,4-5H2,1H3,(H,18,19,20,21). The van der Waals surface area contributed by atoms with Crippen LogP contribution in [0.5, 0.6) is 5.75 Å². The highest BCUT2D eigenvalue weighted by Gasteiger charge is 2.23. The van der Waals surface area contributed by atoms with Gasteiger partial charge in [-0.25, -0.2) is 4.98 Å². The van der Waals surface area contributed by atoms with E-state index in [1.54, 1.807) is 12.4 Å². The molecule has 0 unspecified atom stereocenters. The minimum absolute atomic E-state index is 0.359. The first-order valence-corrected chi connectivity index (χ1v) is 8.21. The van der Waals surface area contributed by atoms with Gasteiger partial charge in [0.15, 0.2) is 5.82 Å². The number of hydrogen-bond donors (Lipinski definition) is 1. The van der Waals surface area contributed by atoms with E-state index in [0.29, 0.717) is 22.8 Å². The number of pyridine rings is 2. The molecular weight excluding hydrogens is 310 g/mol. The normalized spacial score (nSPS) is 13.8. The average molecular weight is 325 g/mol. The molecule has 1 aliphatic carbocycles. The van der Waals surface area contributed by atoms with Gasteiger partial charge in [-0.2, -0.15) is 9.36 Å². The zero-order valence-electron chi connectivity index (χ0n) is 12.6. The Hall–Kier alpha value is -2.54. The van der Waals surface area contributed by atoms with E-state index in [2.05, 4.69) is 24.6 Å². The smallest absolute Gasteiger partial charge is 0.208 e. The molecule has 0 atom stereocenters. The summed E-state index contributed by atoms with van der Waals surface area (Å²) < 4.78 is 10.2. The first-order chi connectivity index (χ1) is 11.3. The van der Waals surface area contributed by atoms with Crippen LogP contribution in [-0.2, 0) is 0 Å². The summed E-state index contributed by atoms with van der Waals surface area (Å²) in [5.41, 5.74) is 1.77. The van der Waals surface area contributed by atoms with E-state index in [9.17, 15) is 0 Å². The van der Waals surface area contributed by atoms with E-state index in [1.165, 1.54) is 11.5 Å². The molecule has 7 heteroatoms. The van der Waals surface area contributed by atoms with Crippen molar-refractivity contribution in [1.29, 1.82) is 0 Å². The molecule has 0 saturated heterocycles. The molecule has 1 saturated carbocycles. The number of aryl methyl sites for hydroxylation is 1. The maximum Gasteiger partial charge on any atom is 0.208 e. The molecule has 3 aromatic rings. The van der Waals surface area contributed by atoms with E-state index >= 15 is 0 Å². The number of anilines is 2. The fourth-order valence-electron chi connectivity index (χ4n) is 2.08. The lowest BCUT2D eigenvalue weighted by molar-refractivity contribution is 0.303. The third kappa shape index (κ3) is 3.29. The SMILES string of the molecule is Cc1cccnc1Nc1nc(-c2cc(OC3CC3)ccn2)ns1. The summed E-state index contributed by atoms with van der Waals surface area (Å²) in [5.74, 6) is 2.20. The van der Waals surface area contributed by atoms with Gasteiger partial charge in [0.2, 0.25) is 5.13 Å². The quantitative estimate of drug-likeness (QED) is 0.773. The predicted molar refractivity (Wildman–Crippen MR) is 89.0 cm³/mol. The Morgan fingerprint density at radius 1 is 1.22 bits per heavy atom. The van der Waals surface area contributed by atoms with E-state index in [1.807, 2.05) is 31.2 Å². The highest BCUT2D eigenvalue weighted by Crippen LogP contribution is 2.29. The summed E-state index contributed by atoms with van der Waals surface area (Å²) >= 11 is 1.29. The summed E-state index contributed by atoms with van der Waals surface area (Å²) in [6.07, 6.45) is 6.09. The topological polar surface area (TPSA) is 72.8 Å². The van der Waals surface area contributed by atoms with Crippen molar-refractivity contribution in [1.82, 2.24) is 19.3 Å². The maximum absolute atomic E-state index is 5.79. The van der Waals surface area contributed by atoms with Gasteiger partial charge in [0.05, 0.1) is 6.10 Å². The van der Waals surface area contributed by atoms with Crippen LogP contribution in [0.4, 0.5) is 10.9 Å². The summed E-state index contributed by atoms with van der Waals surface area (Å²) in [4.78, 5) is 13.1. The van der Waals surface area contributed by atoms with Crippen LogP contribution in [-0.4, -0.2) is 25.4 Å². The van der Waals surface area contributed by atoms with Gasteiger partial charge in [-0.3, -0.25) is 4.98 Å². The molecule has 0 radical (unpaired) electrons. The third-order valence-electron chi connectivity index (χ3n) is 3.45. The molecule has 0 bridgehead atoms. The lowest BCUT2D eigenvalue weighted by Crippen LogP contribution is -1.97. The summed E-state index contributed by atoms with van der Waals surface area (Å²) in [6.45, 7) is 2.00. The second kappa shape index (κ2) is 5.92. The van der Waals surface area contributed by atoms with Crippen molar-refractivity contribution in [2.75, 3.05) is 5.32 Å². The molecule has 116 valence electrons. The van der Waals surface area contributed by atoms with Crippen molar-refractivity contribution in [3.8, 4) is 17.3 Å². The van der Waals surface area contributed by atoms with Gasteiger partial charge in [-0.05, 0) is 37.5 Å². The van der Waals surface area contributed by atoms with Gasteiger partial charge >= 0.3 is 0 Å². The van der Waals surface area contributed by atoms with Gasteiger partial charge in [-0.15, -0.1) is 0 Å². The number of rotatable bonds is 5. The number of aromatic nitrogens is 4. The van der Waals surface area contributed by atoms with Gasteiger partial charge in [0.25, 0.3) is 0 Å². The molecule has 3 aromatic heterocycles. The Morgan fingerprint density at radius 3 is 2.96 bits per heavy atom. The van der Waals surface area contributed by atoms with Crippen LogP contribution in [0, 0.1) is 6.92 Å². The van der Waals surface area contributed by atoms with Crippen LogP contribution in [0.25, 0.3) is 11.5 Å². The van der Waals surface area contributed by atoms with Crippen LogP contribution in [0.3, 0.4) is 0 Å². The first-order valence-electron chi connectivity index (χ1n) is 7.43. The van der Waals surface area contributed by atoms with E-state index in [-0.39, 0.29) is 0 Å². The molecule has 0 aromatic carbocycles. The van der Waals surface area contributed by atoms with Gasteiger partial charge < -0.3 is 10.1 Å². The second-order valence-electron chi connectivity index (χ2n) is 5.41. The molecule has 6 nitrogen and oxygen atoms in total. The van der Waals surface area contributed by atoms with E-state index < -0.39 is 0 Å². The van der Waals surface area contributed by atoms with Crippen LogP contribution >= 0.6 is 11.5 Å². The van der Waals surface area contributed by atoms with Gasteiger partial charge in [0.1, 0.15) is 17.3 Å². The molecule has 4 rings (SSSR count). The average Bonchev–Trinajstić information content (AvgIpc) is 3.25. The van der Waals surface area contributed by atoms with E-state index in [4.69, 9.17) is 4.74 Å². The van der Waals surface area contributed by atoms with Crippen molar-refractivity contribution >= 4 is 22.5 Å². The molecule has 3 heterocycles. The van der Waals surface area contributed by atoms with Crippen molar-refractivity contribution in [2.45, 2.75) is 25.9 Å². The zero-order chi connectivity index (χ0) is 15.6. The first kappa shape index (κ1) is 14.1. The van der Waals surface area contributed by atoms with Crippen molar-refractivity contribution in [3.63, 3.8) is 0 Å². The van der Waals surface area contributed by atoms with E-state index in [0.717, 1.165) is 30.0 Å². The monoisotopic (exact) mass is 325 g/mol. The Kier molecular flexibility index (Phi) is 3.63. The molecule has 1 N–H and O–H groups in total. The minimum atomic E-state index is 0.359. The van der Waals surface area contributed by atoms with Crippen molar-refractivity contribution in [3.05, 3.63) is 42.2 Å². The summed E-state index contributed by atoms with van der Waals surface area (Å²) in [7, 11) is 0. The molecule has 0 amide bonds. The predicted octanol–water partition coefficient (Wildman–Crippen LogP) is 3.59. The number of hydrogen-bond acceptors (Lipinski definition) is 7. The van der Waals surface area contributed by atoms with Gasteiger partial charge in [0, 0.05) is 30.0 Å². The van der Waals surface area contributed by atoms with Gasteiger partial charge in [-0.1, -0.05) is 6.07 Å². The zero-order valence-corrected chi connectivity index (χ0v) is 13.4. The van der Waals surface area contributed by atoms with Crippen LogP contribution in [0.2, 0.25) is 0 Å². The minimum Gasteiger partial charge on any atom is -0.490 e. The summed E-state index contributed by atoms with van der Waals surface area (Å²) in [6, 6.07) is 7.65. The fourth-order valence-corrected chi connectivity index (χ4v) is 2.66. The molecular formula is C16H15N5OS. The fraction of sp³-hybridized carbons (Fsp3) is 0.250. The molecule has 1 aliphatic rings. The molecule has 1 fully saturated rings. The number of nitrogens with one attached hydrogen (secondary N) is 1. The summed E-state index contributed by atoms with van der Waals surface area (Å²) in [5, 5.41) is 3.89. The van der Waals surface area contributed by atoms with Crippen LogP contribution in [0.15, 0.2) is 36.7 Å². The third-order valence-corrected chi connectivity index (χ3v) is 4.08. The number of nitrogens with zero attached hydrogens (tertiary/aromatic N) is 4. The molecule has 0 aliphatic heterocycles. The molecule has 0 spiro atoms. The highest BCUT2D eigenvalue weighted by molar-refractivity contribution is 7.09. The maximum atomic E-state index is 5.79. The second-order valence-corrected chi connectivity index (χ2v) is 6.16. The Balaban J connectivity index is 1.54. The highest BCUT2D eigenvalue weighted by atomic mass is 32.1. The lowest BCUT2D eigenvalue weighted by atomic mass is 10.3. The Labute approximate surface area is 137 Å². The van der Waals surface area contributed by atoms with Crippen molar-refractivity contribution < 1.29 is 4.74 Å². The Morgan fingerprint density at radius 2 is 2.13 bits per heavy atom. The number of ether oxygens (including phenoxy) is 1.